The predicted molar refractivity (Wildman–Crippen MR) is 109 cm³/mol. The number of benzene rings is 2. The highest BCUT2D eigenvalue weighted by molar-refractivity contribution is 5.95. The van der Waals surface area contributed by atoms with E-state index in [-0.39, 0.29) is 11.8 Å². The van der Waals surface area contributed by atoms with Gasteiger partial charge < -0.3 is 9.80 Å². The van der Waals surface area contributed by atoms with Crippen LogP contribution in [0.2, 0.25) is 0 Å². The van der Waals surface area contributed by atoms with Gasteiger partial charge in [0.2, 0.25) is 5.91 Å². The molecule has 0 unspecified atom stereocenters. The molecule has 2 aromatic rings. The van der Waals surface area contributed by atoms with Crippen molar-refractivity contribution >= 4 is 17.5 Å². The van der Waals surface area contributed by atoms with Crippen LogP contribution in [0.5, 0.6) is 0 Å². The molecule has 2 amide bonds. The molecule has 0 aliphatic carbocycles. The van der Waals surface area contributed by atoms with E-state index >= 15 is 0 Å². The van der Waals surface area contributed by atoms with Crippen molar-refractivity contribution < 1.29 is 14.0 Å². The Balaban J connectivity index is 1.94. The molecule has 0 aromatic heterocycles. The SMILES string of the molecule is CC(=O)N1CCCCCCCN(C(=O)c2cccc(F)c2)Cc2ccccc21. The maximum atomic E-state index is 13.6. The summed E-state index contributed by atoms with van der Waals surface area (Å²) in [5.74, 6) is -0.586. The van der Waals surface area contributed by atoms with Gasteiger partial charge in [-0.25, -0.2) is 4.39 Å². The van der Waals surface area contributed by atoms with E-state index in [1.807, 2.05) is 29.2 Å². The zero-order chi connectivity index (χ0) is 19.9. The summed E-state index contributed by atoms with van der Waals surface area (Å²) in [6, 6.07) is 13.6. The van der Waals surface area contributed by atoms with Gasteiger partial charge in [0.25, 0.3) is 5.91 Å². The van der Waals surface area contributed by atoms with Gasteiger partial charge in [0.1, 0.15) is 5.82 Å². The van der Waals surface area contributed by atoms with Gasteiger partial charge in [-0.05, 0) is 42.7 Å². The van der Waals surface area contributed by atoms with Crippen LogP contribution in [0.4, 0.5) is 10.1 Å². The number of hydrogen-bond acceptors (Lipinski definition) is 2. The Morgan fingerprint density at radius 1 is 0.893 bits per heavy atom. The van der Waals surface area contributed by atoms with Gasteiger partial charge in [-0.2, -0.15) is 0 Å². The van der Waals surface area contributed by atoms with E-state index in [4.69, 9.17) is 0 Å². The first-order valence-electron chi connectivity index (χ1n) is 9.97. The largest absolute Gasteiger partial charge is 0.334 e. The highest BCUT2D eigenvalue weighted by Gasteiger charge is 2.21. The number of anilines is 1. The number of amides is 2. The Kier molecular flexibility index (Phi) is 6.80. The van der Waals surface area contributed by atoms with Crippen molar-refractivity contribution in [1.82, 2.24) is 4.90 Å². The quantitative estimate of drug-likeness (QED) is 0.712. The molecular formula is C23H27FN2O2. The predicted octanol–water partition coefficient (Wildman–Crippen LogP) is 4.79. The molecule has 0 N–H and O–H groups in total. The van der Waals surface area contributed by atoms with E-state index in [1.165, 1.54) is 12.1 Å². The fourth-order valence-electron chi connectivity index (χ4n) is 3.72. The standard InChI is InChI=1S/C23H27FN2O2/c1-18(27)26-15-8-4-2-3-7-14-25(17-20-10-5-6-13-22(20)26)23(28)19-11-9-12-21(24)16-19/h5-6,9-13,16H,2-4,7-8,14-15,17H2,1H3. The van der Waals surface area contributed by atoms with E-state index in [9.17, 15) is 14.0 Å². The van der Waals surface area contributed by atoms with Crippen LogP contribution in [0, 0.1) is 5.82 Å². The van der Waals surface area contributed by atoms with Crippen LogP contribution < -0.4 is 4.90 Å². The number of hydrogen-bond donors (Lipinski definition) is 0. The molecule has 28 heavy (non-hydrogen) atoms. The topological polar surface area (TPSA) is 40.6 Å². The number of para-hydroxylation sites is 1. The van der Waals surface area contributed by atoms with Crippen molar-refractivity contribution in [2.24, 2.45) is 0 Å². The number of halogens is 1. The summed E-state index contributed by atoms with van der Waals surface area (Å²) < 4.78 is 13.6. The first-order valence-corrected chi connectivity index (χ1v) is 9.97. The van der Waals surface area contributed by atoms with Gasteiger partial charge in [0, 0.05) is 37.8 Å². The summed E-state index contributed by atoms with van der Waals surface area (Å²) >= 11 is 0. The zero-order valence-electron chi connectivity index (χ0n) is 16.4. The smallest absolute Gasteiger partial charge is 0.254 e. The average molecular weight is 382 g/mol. The van der Waals surface area contributed by atoms with E-state index in [2.05, 4.69) is 0 Å². The Bertz CT molecular complexity index is 837. The highest BCUT2D eigenvalue weighted by atomic mass is 19.1. The first-order chi connectivity index (χ1) is 13.6. The van der Waals surface area contributed by atoms with Crippen LogP contribution in [-0.4, -0.2) is 29.8 Å². The summed E-state index contributed by atoms with van der Waals surface area (Å²) in [7, 11) is 0. The van der Waals surface area contributed by atoms with Crippen molar-refractivity contribution in [3.8, 4) is 0 Å². The number of carbonyl (C=O) groups is 2. The molecule has 1 heterocycles. The molecule has 3 rings (SSSR count). The van der Waals surface area contributed by atoms with Crippen LogP contribution in [-0.2, 0) is 11.3 Å². The Hall–Kier alpha value is -2.69. The van der Waals surface area contributed by atoms with E-state index in [1.54, 1.807) is 24.0 Å². The molecule has 4 nitrogen and oxygen atoms in total. The number of carbonyl (C=O) groups excluding carboxylic acids is 2. The van der Waals surface area contributed by atoms with Gasteiger partial charge in [-0.1, -0.05) is 43.5 Å². The van der Waals surface area contributed by atoms with Crippen molar-refractivity contribution in [3.05, 3.63) is 65.5 Å². The minimum absolute atomic E-state index is 0.00696. The number of nitrogens with zero attached hydrogens (tertiary/aromatic N) is 2. The third-order valence-electron chi connectivity index (χ3n) is 5.19. The molecule has 1 aliphatic rings. The summed E-state index contributed by atoms with van der Waals surface area (Å²) in [4.78, 5) is 28.9. The van der Waals surface area contributed by atoms with Crippen LogP contribution >= 0.6 is 0 Å². The van der Waals surface area contributed by atoms with Crippen LogP contribution in [0.3, 0.4) is 0 Å². The molecule has 0 saturated carbocycles. The van der Waals surface area contributed by atoms with Gasteiger partial charge in [-0.3, -0.25) is 9.59 Å². The molecule has 0 spiro atoms. The zero-order valence-corrected chi connectivity index (χ0v) is 16.4. The second kappa shape index (κ2) is 9.49. The second-order valence-electron chi connectivity index (χ2n) is 7.30. The molecular weight excluding hydrogens is 355 g/mol. The van der Waals surface area contributed by atoms with Gasteiger partial charge >= 0.3 is 0 Å². The Morgan fingerprint density at radius 2 is 1.61 bits per heavy atom. The minimum Gasteiger partial charge on any atom is -0.334 e. The fraction of sp³-hybridized carbons (Fsp3) is 0.391. The lowest BCUT2D eigenvalue weighted by Gasteiger charge is -2.29. The van der Waals surface area contributed by atoms with E-state index in [0.29, 0.717) is 25.2 Å². The molecule has 0 fully saturated rings. The lowest BCUT2D eigenvalue weighted by atomic mass is 10.1. The monoisotopic (exact) mass is 382 g/mol. The highest BCUT2D eigenvalue weighted by Crippen LogP contribution is 2.25. The van der Waals surface area contributed by atoms with Gasteiger partial charge in [0.05, 0.1) is 0 Å². The van der Waals surface area contributed by atoms with Gasteiger partial charge in [-0.15, -0.1) is 0 Å². The third kappa shape index (κ3) is 4.97. The number of rotatable bonds is 1. The Morgan fingerprint density at radius 3 is 2.36 bits per heavy atom. The van der Waals surface area contributed by atoms with Crippen molar-refractivity contribution in [2.75, 3.05) is 18.0 Å². The van der Waals surface area contributed by atoms with Crippen LogP contribution in [0.15, 0.2) is 48.5 Å². The maximum absolute atomic E-state index is 13.6. The molecule has 5 heteroatoms. The molecule has 2 aromatic carbocycles. The van der Waals surface area contributed by atoms with E-state index < -0.39 is 5.82 Å². The first kappa shape index (κ1) is 20.1. The summed E-state index contributed by atoms with van der Waals surface area (Å²) in [6.07, 6.45) is 5.06. The normalized spacial score (nSPS) is 15.9. The summed E-state index contributed by atoms with van der Waals surface area (Å²) in [5, 5.41) is 0. The lowest BCUT2D eigenvalue weighted by Crippen LogP contribution is -2.34. The Labute approximate surface area is 166 Å². The third-order valence-corrected chi connectivity index (χ3v) is 5.19. The van der Waals surface area contributed by atoms with E-state index in [0.717, 1.165) is 43.4 Å². The second-order valence-corrected chi connectivity index (χ2v) is 7.30. The summed E-state index contributed by atoms with van der Waals surface area (Å²) in [6.45, 7) is 3.28. The van der Waals surface area contributed by atoms with Crippen molar-refractivity contribution in [2.45, 2.75) is 45.6 Å². The van der Waals surface area contributed by atoms with Gasteiger partial charge in [0.15, 0.2) is 0 Å². The molecule has 1 aliphatic heterocycles. The molecule has 0 radical (unpaired) electrons. The molecule has 0 bridgehead atoms. The molecule has 0 atom stereocenters. The molecule has 148 valence electrons. The lowest BCUT2D eigenvalue weighted by molar-refractivity contribution is -0.116. The average Bonchev–Trinajstić information content (AvgIpc) is 2.67. The van der Waals surface area contributed by atoms with Crippen LogP contribution in [0.25, 0.3) is 0 Å². The van der Waals surface area contributed by atoms with Crippen molar-refractivity contribution in [3.63, 3.8) is 0 Å². The number of fused-ring (bicyclic) bond motifs is 1. The fourth-order valence-corrected chi connectivity index (χ4v) is 3.72. The maximum Gasteiger partial charge on any atom is 0.254 e. The summed E-state index contributed by atoms with van der Waals surface area (Å²) in [5.41, 5.74) is 2.14. The van der Waals surface area contributed by atoms with Crippen LogP contribution in [0.1, 0.15) is 54.9 Å². The molecule has 0 saturated heterocycles. The minimum atomic E-state index is -0.414. The van der Waals surface area contributed by atoms with Crippen molar-refractivity contribution in [1.29, 1.82) is 0 Å².